The molecule has 2 aromatic heterocycles. The van der Waals surface area contributed by atoms with Crippen molar-refractivity contribution in [3.63, 3.8) is 0 Å². The maximum absolute atomic E-state index is 12.1. The Morgan fingerprint density at radius 3 is 2.81 bits per heavy atom. The lowest BCUT2D eigenvalue weighted by atomic mass is 10.3. The molecular formula is C12H13ClN6OS. The van der Waals surface area contributed by atoms with Crippen LogP contribution in [0, 0.1) is 0 Å². The molecule has 2 aromatic rings. The van der Waals surface area contributed by atoms with Gasteiger partial charge in [-0.05, 0) is 12.1 Å². The molecule has 1 N–H and O–H groups in total. The number of amides is 2. The number of urea groups is 1. The highest BCUT2D eigenvalue weighted by atomic mass is 35.5. The highest BCUT2D eigenvalue weighted by molar-refractivity contribution is 7.13. The normalized spacial score (nSPS) is 15.1. The summed E-state index contributed by atoms with van der Waals surface area (Å²) in [6.45, 7) is 2.61. The molecule has 9 heteroatoms. The Hall–Kier alpha value is -1.93. The fraction of sp³-hybridized carbons (Fsp3) is 0.333. The van der Waals surface area contributed by atoms with E-state index in [1.165, 1.54) is 11.3 Å². The molecule has 0 atom stereocenters. The number of nitrogens with zero attached hydrogens (tertiary/aromatic N) is 5. The van der Waals surface area contributed by atoms with Crippen molar-refractivity contribution in [1.29, 1.82) is 0 Å². The van der Waals surface area contributed by atoms with Crippen LogP contribution in [-0.4, -0.2) is 52.3 Å². The number of hydrogen-bond acceptors (Lipinski definition) is 6. The number of piperazine rings is 1. The van der Waals surface area contributed by atoms with Gasteiger partial charge >= 0.3 is 6.03 Å². The summed E-state index contributed by atoms with van der Waals surface area (Å²) in [4.78, 5) is 20.2. The smallest absolute Gasteiger partial charge is 0.323 e. The Bertz CT molecular complexity index is 614. The Morgan fingerprint density at radius 2 is 2.14 bits per heavy atom. The summed E-state index contributed by atoms with van der Waals surface area (Å²) in [7, 11) is 0. The summed E-state index contributed by atoms with van der Waals surface area (Å²) in [6, 6.07) is 3.47. The van der Waals surface area contributed by atoms with Crippen molar-refractivity contribution in [2.45, 2.75) is 0 Å². The van der Waals surface area contributed by atoms with E-state index in [2.05, 4.69) is 25.4 Å². The molecule has 0 radical (unpaired) electrons. The number of carbonyl (C=O) groups excluding carboxylic acids is 1. The van der Waals surface area contributed by atoms with E-state index in [9.17, 15) is 4.79 Å². The molecule has 1 aliphatic rings. The van der Waals surface area contributed by atoms with Crippen LogP contribution in [0.25, 0.3) is 0 Å². The second-order valence-corrected chi connectivity index (χ2v) is 5.70. The molecule has 7 nitrogen and oxygen atoms in total. The standard InChI is InChI=1S/C12H13ClN6OS/c13-9-2-1-3-14-10(9)18-4-6-19(7-5-18)12(20)16-11-17-15-8-21-11/h1-3,8H,4-7H2,(H,16,17,20). The Balaban J connectivity index is 1.58. The second kappa shape index (κ2) is 6.23. The molecule has 1 aliphatic heterocycles. The first-order valence-corrected chi connectivity index (χ1v) is 7.67. The van der Waals surface area contributed by atoms with Crippen LogP contribution in [0.4, 0.5) is 15.7 Å². The van der Waals surface area contributed by atoms with E-state index in [0.717, 1.165) is 5.82 Å². The molecule has 2 amide bonds. The van der Waals surface area contributed by atoms with Gasteiger partial charge in [0.2, 0.25) is 5.13 Å². The van der Waals surface area contributed by atoms with Crippen LogP contribution < -0.4 is 10.2 Å². The van der Waals surface area contributed by atoms with E-state index in [1.807, 2.05) is 6.07 Å². The lowest BCUT2D eigenvalue weighted by molar-refractivity contribution is 0.208. The summed E-state index contributed by atoms with van der Waals surface area (Å²) in [5.74, 6) is 0.767. The van der Waals surface area contributed by atoms with Crippen LogP contribution in [-0.2, 0) is 0 Å². The molecule has 0 saturated carbocycles. The van der Waals surface area contributed by atoms with Gasteiger partial charge in [0.15, 0.2) is 0 Å². The first kappa shape index (κ1) is 14.0. The average Bonchev–Trinajstić information content (AvgIpc) is 3.01. The summed E-state index contributed by atoms with van der Waals surface area (Å²) in [5.41, 5.74) is 1.58. The van der Waals surface area contributed by atoms with Gasteiger partial charge in [-0.15, -0.1) is 10.2 Å². The molecule has 1 fully saturated rings. The zero-order chi connectivity index (χ0) is 14.7. The summed E-state index contributed by atoms with van der Waals surface area (Å²) < 4.78 is 0. The van der Waals surface area contributed by atoms with Crippen LogP contribution in [0.1, 0.15) is 0 Å². The fourth-order valence-corrected chi connectivity index (χ4v) is 2.81. The molecule has 1 saturated heterocycles. The molecule has 0 bridgehead atoms. The molecule has 0 spiro atoms. The molecule has 3 rings (SSSR count). The quantitative estimate of drug-likeness (QED) is 0.913. The average molecular weight is 325 g/mol. The number of hydrogen-bond donors (Lipinski definition) is 1. The highest BCUT2D eigenvalue weighted by Gasteiger charge is 2.23. The van der Waals surface area contributed by atoms with Gasteiger partial charge in [0.25, 0.3) is 0 Å². The SMILES string of the molecule is O=C(Nc1nncs1)N1CCN(c2ncccc2Cl)CC1. The van der Waals surface area contributed by atoms with Crippen molar-refractivity contribution in [1.82, 2.24) is 20.1 Å². The second-order valence-electron chi connectivity index (χ2n) is 4.46. The first-order valence-electron chi connectivity index (χ1n) is 6.41. The maximum atomic E-state index is 12.1. The van der Waals surface area contributed by atoms with Gasteiger partial charge in [-0.1, -0.05) is 22.9 Å². The van der Waals surface area contributed by atoms with E-state index in [0.29, 0.717) is 36.3 Å². The van der Waals surface area contributed by atoms with Crippen LogP contribution in [0.2, 0.25) is 5.02 Å². The summed E-state index contributed by atoms with van der Waals surface area (Å²) in [5, 5.41) is 11.4. The Kier molecular flexibility index (Phi) is 4.16. The minimum absolute atomic E-state index is 0.154. The Labute approximate surface area is 130 Å². The summed E-state index contributed by atoms with van der Waals surface area (Å²) in [6.07, 6.45) is 1.72. The monoisotopic (exact) mass is 324 g/mol. The van der Waals surface area contributed by atoms with Gasteiger partial charge in [0.1, 0.15) is 11.3 Å². The molecule has 0 unspecified atom stereocenters. The third kappa shape index (κ3) is 3.22. The van der Waals surface area contributed by atoms with Crippen molar-refractivity contribution in [2.75, 3.05) is 36.4 Å². The van der Waals surface area contributed by atoms with Crippen molar-refractivity contribution in [2.24, 2.45) is 0 Å². The van der Waals surface area contributed by atoms with E-state index in [1.54, 1.807) is 22.7 Å². The van der Waals surface area contributed by atoms with Gasteiger partial charge in [-0.25, -0.2) is 9.78 Å². The largest absolute Gasteiger partial charge is 0.352 e. The minimum Gasteiger partial charge on any atom is -0.352 e. The van der Waals surface area contributed by atoms with Crippen LogP contribution >= 0.6 is 22.9 Å². The van der Waals surface area contributed by atoms with E-state index in [4.69, 9.17) is 11.6 Å². The number of pyridine rings is 1. The minimum atomic E-state index is -0.154. The lowest BCUT2D eigenvalue weighted by Crippen LogP contribution is -2.50. The first-order chi connectivity index (χ1) is 10.2. The third-order valence-electron chi connectivity index (χ3n) is 3.18. The zero-order valence-electron chi connectivity index (χ0n) is 11.1. The molecular weight excluding hydrogens is 312 g/mol. The number of carbonyl (C=O) groups is 1. The number of anilines is 2. The topological polar surface area (TPSA) is 74.2 Å². The molecule has 0 aromatic carbocycles. The van der Waals surface area contributed by atoms with E-state index >= 15 is 0 Å². The summed E-state index contributed by atoms with van der Waals surface area (Å²) >= 11 is 7.44. The predicted molar refractivity (Wildman–Crippen MR) is 82.0 cm³/mol. The fourth-order valence-electron chi connectivity index (χ4n) is 2.13. The van der Waals surface area contributed by atoms with Crippen molar-refractivity contribution >= 4 is 39.9 Å². The Morgan fingerprint density at radius 1 is 1.33 bits per heavy atom. The van der Waals surface area contributed by atoms with Crippen LogP contribution in [0.15, 0.2) is 23.8 Å². The van der Waals surface area contributed by atoms with Gasteiger partial charge in [-0.2, -0.15) is 0 Å². The number of aromatic nitrogens is 3. The third-order valence-corrected chi connectivity index (χ3v) is 4.08. The van der Waals surface area contributed by atoms with Crippen molar-refractivity contribution in [3.05, 3.63) is 28.9 Å². The van der Waals surface area contributed by atoms with Gasteiger partial charge in [0.05, 0.1) is 5.02 Å². The van der Waals surface area contributed by atoms with Gasteiger partial charge in [-0.3, -0.25) is 5.32 Å². The molecule has 0 aliphatic carbocycles. The van der Waals surface area contributed by atoms with Crippen molar-refractivity contribution < 1.29 is 4.79 Å². The molecule has 110 valence electrons. The van der Waals surface area contributed by atoms with E-state index < -0.39 is 0 Å². The lowest BCUT2D eigenvalue weighted by Gasteiger charge is -2.35. The van der Waals surface area contributed by atoms with Crippen LogP contribution in [0.5, 0.6) is 0 Å². The number of nitrogens with one attached hydrogen (secondary N) is 1. The maximum Gasteiger partial charge on any atom is 0.323 e. The molecule has 21 heavy (non-hydrogen) atoms. The number of rotatable bonds is 2. The molecule has 3 heterocycles. The van der Waals surface area contributed by atoms with Crippen LogP contribution in [0.3, 0.4) is 0 Å². The zero-order valence-corrected chi connectivity index (χ0v) is 12.6. The number of halogens is 1. The highest BCUT2D eigenvalue weighted by Crippen LogP contribution is 2.23. The van der Waals surface area contributed by atoms with Crippen molar-refractivity contribution in [3.8, 4) is 0 Å². The van der Waals surface area contributed by atoms with Gasteiger partial charge in [0, 0.05) is 32.4 Å². The van der Waals surface area contributed by atoms with Gasteiger partial charge < -0.3 is 9.80 Å². The van der Waals surface area contributed by atoms with E-state index in [-0.39, 0.29) is 6.03 Å². The predicted octanol–water partition coefficient (Wildman–Crippen LogP) is 1.94.